The van der Waals surface area contributed by atoms with E-state index >= 15 is 0 Å². The number of benzene rings is 2. The van der Waals surface area contributed by atoms with Crippen LogP contribution in [0, 0.1) is 0 Å². The first-order valence-corrected chi connectivity index (χ1v) is 8.35. The zero-order valence-corrected chi connectivity index (χ0v) is 14.3. The maximum absolute atomic E-state index is 12.0. The van der Waals surface area contributed by atoms with E-state index in [1.165, 1.54) is 0 Å². The molecule has 0 radical (unpaired) electrons. The van der Waals surface area contributed by atoms with Gasteiger partial charge in [0.05, 0.1) is 11.2 Å². The van der Waals surface area contributed by atoms with Crippen LogP contribution in [0.5, 0.6) is 0 Å². The normalized spacial score (nSPS) is 10.4. The third kappa shape index (κ3) is 3.98. The summed E-state index contributed by atoms with van der Waals surface area (Å²) >= 11 is 0. The van der Waals surface area contributed by atoms with E-state index in [9.17, 15) is 4.79 Å². The third-order valence-corrected chi connectivity index (χ3v) is 3.83. The van der Waals surface area contributed by atoms with E-state index < -0.39 is 0 Å². The molecule has 0 fully saturated rings. The lowest BCUT2D eigenvalue weighted by Crippen LogP contribution is -2.20. The highest BCUT2D eigenvalue weighted by Gasteiger charge is 2.06. The number of nitrogens with zero attached hydrogens (tertiary/aromatic N) is 3. The van der Waals surface area contributed by atoms with Crippen molar-refractivity contribution in [2.24, 2.45) is 0 Å². The van der Waals surface area contributed by atoms with E-state index in [0.717, 1.165) is 16.6 Å². The van der Waals surface area contributed by atoms with Gasteiger partial charge >= 0.3 is 6.03 Å². The van der Waals surface area contributed by atoms with Gasteiger partial charge in [0, 0.05) is 17.3 Å². The van der Waals surface area contributed by atoms with Crippen LogP contribution in [0.3, 0.4) is 0 Å². The van der Waals surface area contributed by atoms with Gasteiger partial charge in [-0.05, 0) is 36.4 Å². The maximum Gasteiger partial charge on any atom is 0.324 e. The second-order valence-corrected chi connectivity index (χ2v) is 5.75. The van der Waals surface area contributed by atoms with E-state index in [0.29, 0.717) is 17.3 Å². The van der Waals surface area contributed by atoms with Gasteiger partial charge in [0.25, 0.3) is 0 Å². The molecule has 0 saturated heterocycles. The van der Waals surface area contributed by atoms with Crippen LogP contribution in [-0.2, 0) is 0 Å². The predicted octanol–water partition coefficient (Wildman–Crippen LogP) is 4.41. The van der Waals surface area contributed by atoms with E-state index in [2.05, 4.69) is 31.1 Å². The highest BCUT2D eigenvalue weighted by atomic mass is 16.2. The lowest BCUT2D eigenvalue weighted by molar-refractivity contribution is 0.262. The van der Waals surface area contributed by atoms with E-state index in [-0.39, 0.29) is 6.03 Å². The Balaban J connectivity index is 1.43. The number of rotatable bonds is 4. The number of carbonyl (C=O) groups excluding carboxylic acids is 1. The molecule has 3 N–H and O–H groups in total. The van der Waals surface area contributed by atoms with Gasteiger partial charge in [-0.1, -0.05) is 36.4 Å². The van der Waals surface area contributed by atoms with Crippen molar-refractivity contribution in [2.45, 2.75) is 0 Å². The van der Waals surface area contributed by atoms with Crippen molar-refractivity contribution in [1.82, 2.24) is 15.2 Å². The number of amides is 2. The Labute approximate surface area is 155 Å². The second kappa shape index (κ2) is 7.49. The summed E-state index contributed by atoms with van der Waals surface area (Å²) in [6.45, 7) is 0. The molecule has 2 aromatic heterocycles. The molecule has 4 rings (SSSR count). The van der Waals surface area contributed by atoms with Gasteiger partial charge in [-0.15, -0.1) is 10.2 Å². The molecular weight excluding hydrogens is 340 g/mol. The van der Waals surface area contributed by atoms with Crippen molar-refractivity contribution < 1.29 is 4.79 Å². The number of carbonyl (C=O) groups is 1. The molecule has 0 unspecified atom stereocenters. The minimum Gasteiger partial charge on any atom is -0.337 e. The van der Waals surface area contributed by atoms with Crippen LogP contribution in [0.25, 0.3) is 10.9 Å². The first kappa shape index (κ1) is 16.5. The summed E-state index contributed by atoms with van der Waals surface area (Å²) < 4.78 is 0. The van der Waals surface area contributed by atoms with Crippen molar-refractivity contribution in [1.29, 1.82) is 0 Å². The molecule has 0 aliphatic rings. The largest absolute Gasteiger partial charge is 0.337 e. The minimum atomic E-state index is -0.380. The summed E-state index contributed by atoms with van der Waals surface area (Å²) in [5.74, 6) is 0.909. The summed E-state index contributed by atoms with van der Waals surface area (Å²) in [4.78, 5) is 16.4. The van der Waals surface area contributed by atoms with Crippen LogP contribution in [0.4, 0.5) is 27.8 Å². The molecule has 0 spiro atoms. The topological polar surface area (TPSA) is 91.8 Å². The smallest absolute Gasteiger partial charge is 0.324 e. The number of urea groups is 1. The number of hydrogen-bond donors (Lipinski definition) is 3. The van der Waals surface area contributed by atoms with Gasteiger partial charge in [-0.2, -0.15) is 0 Å². The van der Waals surface area contributed by atoms with E-state index in [1.54, 1.807) is 30.5 Å². The SMILES string of the molecule is O=C(Nc1ccccc1)Nc1ccc(Nc2cccc3cccnc23)nn1. The molecule has 7 heteroatoms. The molecule has 2 aromatic carbocycles. The van der Waals surface area contributed by atoms with Crippen LogP contribution in [0.15, 0.2) is 79.0 Å². The Morgan fingerprint density at radius 2 is 1.52 bits per heavy atom. The first-order chi connectivity index (χ1) is 13.3. The van der Waals surface area contributed by atoms with Crippen LogP contribution in [0.2, 0.25) is 0 Å². The van der Waals surface area contributed by atoms with Gasteiger partial charge in [0.2, 0.25) is 0 Å². The minimum absolute atomic E-state index is 0.352. The maximum atomic E-state index is 12.0. The third-order valence-electron chi connectivity index (χ3n) is 3.83. The van der Waals surface area contributed by atoms with E-state index in [4.69, 9.17) is 0 Å². The van der Waals surface area contributed by atoms with Crippen LogP contribution >= 0.6 is 0 Å². The van der Waals surface area contributed by atoms with Crippen LogP contribution in [-0.4, -0.2) is 21.2 Å². The van der Waals surface area contributed by atoms with Crippen molar-refractivity contribution in [3.63, 3.8) is 0 Å². The summed E-state index contributed by atoms with van der Waals surface area (Å²) in [6.07, 6.45) is 1.75. The average molecular weight is 356 g/mol. The molecule has 0 saturated carbocycles. The Morgan fingerprint density at radius 3 is 2.33 bits per heavy atom. The van der Waals surface area contributed by atoms with Crippen molar-refractivity contribution in [3.8, 4) is 0 Å². The lowest BCUT2D eigenvalue weighted by atomic mass is 10.2. The van der Waals surface area contributed by atoms with Gasteiger partial charge in [-0.3, -0.25) is 10.3 Å². The molecule has 7 nitrogen and oxygen atoms in total. The van der Waals surface area contributed by atoms with E-state index in [1.807, 2.05) is 48.5 Å². The predicted molar refractivity (Wildman–Crippen MR) is 106 cm³/mol. The standard InChI is InChI=1S/C20H16N6O/c27-20(22-15-8-2-1-3-9-15)24-18-12-11-17(25-26-18)23-16-10-4-6-14-7-5-13-21-19(14)16/h1-13H,(H,23,25)(H2,22,24,26,27). The number of aromatic nitrogens is 3. The molecule has 27 heavy (non-hydrogen) atoms. The summed E-state index contributed by atoms with van der Waals surface area (Å²) in [5.41, 5.74) is 2.39. The number of hydrogen-bond acceptors (Lipinski definition) is 5. The van der Waals surface area contributed by atoms with Crippen molar-refractivity contribution in [3.05, 3.63) is 79.0 Å². The van der Waals surface area contributed by atoms with Crippen molar-refractivity contribution >= 4 is 39.9 Å². The fourth-order valence-electron chi connectivity index (χ4n) is 2.61. The van der Waals surface area contributed by atoms with Crippen molar-refractivity contribution in [2.75, 3.05) is 16.0 Å². The Hall–Kier alpha value is -4.00. The fourth-order valence-corrected chi connectivity index (χ4v) is 2.61. The summed E-state index contributed by atoms with van der Waals surface area (Å²) in [5, 5.41) is 17.7. The Kier molecular flexibility index (Phi) is 4.57. The molecule has 0 bridgehead atoms. The Morgan fingerprint density at radius 1 is 0.741 bits per heavy atom. The van der Waals surface area contributed by atoms with Gasteiger partial charge in [0.15, 0.2) is 11.6 Å². The molecule has 132 valence electrons. The second-order valence-electron chi connectivity index (χ2n) is 5.75. The molecule has 2 heterocycles. The highest BCUT2D eigenvalue weighted by Crippen LogP contribution is 2.23. The quantitative estimate of drug-likeness (QED) is 0.504. The number of pyridine rings is 1. The van der Waals surface area contributed by atoms with Crippen LogP contribution < -0.4 is 16.0 Å². The molecular formula is C20H16N6O. The zero-order valence-electron chi connectivity index (χ0n) is 14.3. The van der Waals surface area contributed by atoms with Gasteiger partial charge in [-0.25, -0.2) is 4.79 Å². The number of nitrogens with one attached hydrogen (secondary N) is 3. The summed E-state index contributed by atoms with van der Waals surface area (Å²) in [7, 11) is 0. The molecule has 0 aliphatic carbocycles. The highest BCUT2D eigenvalue weighted by molar-refractivity contribution is 5.99. The number of para-hydroxylation sites is 2. The lowest BCUT2D eigenvalue weighted by Gasteiger charge is -2.09. The fraction of sp³-hybridized carbons (Fsp3) is 0. The summed E-state index contributed by atoms with van der Waals surface area (Å²) in [6, 6.07) is 22.0. The Bertz CT molecular complexity index is 1060. The van der Waals surface area contributed by atoms with Gasteiger partial charge in [0.1, 0.15) is 0 Å². The molecule has 0 aliphatic heterocycles. The number of fused-ring (bicyclic) bond motifs is 1. The molecule has 0 atom stereocenters. The van der Waals surface area contributed by atoms with Gasteiger partial charge < -0.3 is 10.6 Å². The zero-order chi connectivity index (χ0) is 18.5. The first-order valence-electron chi connectivity index (χ1n) is 8.35. The monoisotopic (exact) mass is 356 g/mol. The molecule has 2 amide bonds. The number of anilines is 4. The van der Waals surface area contributed by atoms with Crippen LogP contribution in [0.1, 0.15) is 0 Å². The molecule has 4 aromatic rings. The average Bonchev–Trinajstić information content (AvgIpc) is 2.70.